The number of likely N-dealkylation sites (tertiary alicyclic amines) is 1. The lowest BCUT2D eigenvalue weighted by Crippen LogP contribution is -2.39. The third-order valence-electron chi connectivity index (χ3n) is 4.77. The molecule has 6 heteroatoms. The van der Waals surface area contributed by atoms with Crippen molar-refractivity contribution in [3.8, 4) is 0 Å². The van der Waals surface area contributed by atoms with Crippen LogP contribution in [0.25, 0.3) is 0 Å². The molecule has 0 saturated carbocycles. The van der Waals surface area contributed by atoms with Crippen molar-refractivity contribution in [2.45, 2.75) is 44.6 Å². The van der Waals surface area contributed by atoms with Crippen molar-refractivity contribution in [3.63, 3.8) is 0 Å². The molecule has 2 saturated heterocycles. The fraction of sp³-hybridized carbons (Fsp3) is 0.765. The van der Waals surface area contributed by atoms with E-state index < -0.39 is 0 Å². The van der Waals surface area contributed by atoms with Crippen LogP contribution in [0.2, 0.25) is 0 Å². The first-order valence-electron chi connectivity index (χ1n) is 9.02. The SMILES string of the molecule is O[C@H]1CCCN(CCCNc2cc(N3CCCCC3)ncn2)C1. The van der Waals surface area contributed by atoms with E-state index in [1.54, 1.807) is 6.33 Å². The summed E-state index contributed by atoms with van der Waals surface area (Å²) in [6.45, 7) is 6.09. The zero-order chi connectivity index (χ0) is 15.9. The van der Waals surface area contributed by atoms with Crippen molar-refractivity contribution >= 4 is 11.6 Å². The van der Waals surface area contributed by atoms with Crippen LogP contribution in [0.3, 0.4) is 0 Å². The minimum absolute atomic E-state index is 0.134. The zero-order valence-corrected chi connectivity index (χ0v) is 14.0. The first-order chi connectivity index (χ1) is 11.3. The number of hydrogen-bond acceptors (Lipinski definition) is 6. The number of hydrogen-bond donors (Lipinski definition) is 2. The zero-order valence-electron chi connectivity index (χ0n) is 14.0. The van der Waals surface area contributed by atoms with Gasteiger partial charge in [-0.05, 0) is 51.6 Å². The number of aliphatic hydroxyl groups is 1. The fourth-order valence-corrected chi connectivity index (χ4v) is 3.49. The summed E-state index contributed by atoms with van der Waals surface area (Å²) in [7, 11) is 0. The third kappa shape index (κ3) is 5.04. The topological polar surface area (TPSA) is 64.5 Å². The predicted molar refractivity (Wildman–Crippen MR) is 92.9 cm³/mol. The van der Waals surface area contributed by atoms with Crippen molar-refractivity contribution in [3.05, 3.63) is 12.4 Å². The molecule has 1 atom stereocenters. The van der Waals surface area contributed by atoms with Gasteiger partial charge in [0.05, 0.1) is 6.10 Å². The molecule has 0 spiro atoms. The number of piperidine rings is 2. The van der Waals surface area contributed by atoms with E-state index in [1.807, 2.05) is 0 Å². The van der Waals surface area contributed by atoms with Gasteiger partial charge in [-0.2, -0.15) is 0 Å². The van der Waals surface area contributed by atoms with E-state index in [0.717, 1.165) is 70.2 Å². The molecule has 0 amide bonds. The van der Waals surface area contributed by atoms with Gasteiger partial charge in [0.15, 0.2) is 0 Å². The number of anilines is 2. The van der Waals surface area contributed by atoms with Crippen molar-refractivity contribution < 1.29 is 5.11 Å². The van der Waals surface area contributed by atoms with Crippen molar-refractivity contribution in [2.75, 3.05) is 49.5 Å². The molecule has 0 unspecified atom stereocenters. The molecule has 6 nitrogen and oxygen atoms in total. The van der Waals surface area contributed by atoms with Crippen molar-refractivity contribution in [1.82, 2.24) is 14.9 Å². The molecule has 3 heterocycles. The number of aromatic nitrogens is 2. The summed E-state index contributed by atoms with van der Waals surface area (Å²) in [6, 6.07) is 2.07. The summed E-state index contributed by atoms with van der Waals surface area (Å²) < 4.78 is 0. The highest BCUT2D eigenvalue weighted by Crippen LogP contribution is 2.19. The Morgan fingerprint density at radius 2 is 2.00 bits per heavy atom. The average Bonchev–Trinajstić information content (AvgIpc) is 2.60. The minimum atomic E-state index is -0.134. The molecule has 2 N–H and O–H groups in total. The van der Waals surface area contributed by atoms with E-state index in [2.05, 4.69) is 31.2 Å². The number of aliphatic hydroxyl groups excluding tert-OH is 1. The lowest BCUT2D eigenvalue weighted by molar-refractivity contribution is 0.0706. The van der Waals surface area contributed by atoms with Crippen LogP contribution in [0.4, 0.5) is 11.6 Å². The lowest BCUT2D eigenvalue weighted by Gasteiger charge is -2.30. The second-order valence-corrected chi connectivity index (χ2v) is 6.69. The van der Waals surface area contributed by atoms with E-state index in [4.69, 9.17) is 0 Å². The Labute approximate surface area is 138 Å². The van der Waals surface area contributed by atoms with E-state index in [-0.39, 0.29) is 6.10 Å². The molecule has 2 aliphatic rings. The highest BCUT2D eigenvalue weighted by Gasteiger charge is 2.16. The van der Waals surface area contributed by atoms with Crippen LogP contribution in [-0.4, -0.2) is 65.3 Å². The summed E-state index contributed by atoms with van der Waals surface area (Å²) in [5.74, 6) is 1.96. The van der Waals surface area contributed by atoms with Crippen LogP contribution >= 0.6 is 0 Å². The fourth-order valence-electron chi connectivity index (χ4n) is 3.49. The second kappa shape index (κ2) is 8.45. The quantitative estimate of drug-likeness (QED) is 0.779. The molecule has 128 valence electrons. The lowest BCUT2D eigenvalue weighted by atomic mass is 10.1. The van der Waals surface area contributed by atoms with Crippen LogP contribution in [0.15, 0.2) is 12.4 Å². The number of β-amino-alcohol motifs (C(OH)–C–C–N with tert-alkyl or cyclic N) is 1. The number of rotatable bonds is 6. The Morgan fingerprint density at radius 1 is 1.13 bits per heavy atom. The average molecular weight is 319 g/mol. The van der Waals surface area contributed by atoms with Crippen LogP contribution in [0, 0.1) is 0 Å². The first-order valence-corrected chi connectivity index (χ1v) is 9.02. The monoisotopic (exact) mass is 319 g/mol. The van der Waals surface area contributed by atoms with Crippen LogP contribution in [0.1, 0.15) is 38.5 Å². The predicted octanol–water partition coefficient (Wildman–Crippen LogP) is 1.73. The number of nitrogens with one attached hydrogen (secondary N) is 1. The summed E-state index contributed by atoms with van der Waals surface area (Å²) >= 11 is 0. The van der Waals surface area contributed by atoms with Gasteiger partial charge in [0, 0.05) is 32.2 Å². The highest BCUT2D eigenvalue weighted by molar-refractivity contribution is 5.48. The molecule has 23 heavy (non-hydrogen) atoms. The van der Waals surface area contributed by atoms with Crippen LogP contribution < -0.4 is 10.2 Å². The van der Waals surface area contributed by atoms with Gasteiger partial charge in [-0.15, -0.1) is 0 Å². The van der Waals surface area contributed by atoms with E-state index in [9.17, 15) is 5.11 Å². The maximum Gasteiger partial charge on any atom is 0.134 e. The van der Waals surface area contributed by atoms with Crippen LogP contribution in [-0.2, 0) is 0 Å². The molecule has 1 aromatic heterocycles. The Morgan fingerprint density at radius 3 is 2.83 bits per heavy atom. The third-order valence-corrected chi connectivity index (χ3v) is 4.77. The van der Waals surface area contributed by atoms with Gasteiger partial charge in [0.25, 0.3) is 0 Å². The smallest absolute Gasteiger partial charge is 0.134 e. The molecule has 0 aromatic carbocycles. The largest absolute Gasteiger partial charge is 0.392 e. The Balaban J connectivity index is 1.41. The first kappa shape index (κ1) is 16.5. The van der Waals surface area contributed by atoms with Crippen molar-refractivity contribution in [2.24, 2.45) is 0 Å². The molecule has 2 aliphatic heterocycles. The summed E-state index contributed by atoms with van der Waals surface area (Å²) in [4.78, 5) is 13.4. The van der Waals surface area contributed by atoms with Gasteiger partial charge in [-0.25, -0.2) is 9.97 Å². The highest BCUT2D eigenvalue weighted by atomic mass is 16.3. The molecular formula is C17H29N5O. The van der Waals surface area contributed by atoms with Gasteiger partial charge in [-0.1, -0.05) is 0 Å². The van der Waals surface area contributed by atoms with E-state index in [1.165, 1.54) is 19.3 Å². The summed E-state index contributed by atoms with van der Waals surface area (Å²) in [5, 5.41) is 13.1. The maximum absolute atomic E-state index is 9.69. The molecular weight excluding hydrogens is 290 g/mol. The Bertz CT molecular complexity index is 478. The van der Waals surface area contributed by atoms with E-state index in [0.29, 0.717) is 0 Å². The molecule has 2 fully saturated rings. The van der Waals surface area contributed by atoms with E-state index >= 15 is 0 Å². The molecule has 1 aromatic rings. The van der Waals surface area contributed by atoms with Gasteiger partial charge < -0.3 is 20.2 Å². The molecule has 0 radical (unpaired) electrons. The molecule has 0 aliphatic carbocycles. The van der Waals surface area contributed by atoms with Crippen LogP contribution in [0.5, 0.6) is 0 Å². The van der Waals surface area contributed by atoms with Gasteiger partial charge in [0.2, 0.25) is 0 Å². The normalized spacial score (nSPS) is 23.0. The second-order valence-electron chi connectivity index (χ2n) is 6.69. The molecule has 3 rings (SSSR count). The van der Waals surface area contributed by atoms with Gasteiger partial charge in [-0.3, -0.25) is 0 Å². The maximum atomic E-state index is 9.69. The van der Waals surface area contributed by atoms with Gasteiger partial charge in [0.1, 0.15) is 18.0 Å². The minimum Gasteiger partial charge on any atom is -0.392 e. The van der Waals surface area contributed by atoms with Crippen molar-refractivity contribution in [1.29, 1.82) is 0 Å². The summed E-state index contributed by atoms with van der Waals surface area (Å²) in [6.07, 6.45) is 8.50. The number of nitrogens with zero attached hydrogens (tertiary/aromatic N) is 4. The standard InChI is InChI=1S/C17H29N5O/c23-15-6-4-8-21(13-15)9-5-7-18-16-12-17(20-14-19-16)22-10-2-1-3-11-22/h12,14-15,23H,1-11,13H2,(H,18,19,20)/t15-/m0/s1. The summed E-state index contributed by atoms with van der Waals surface area (Å²) in [5.41, 5.74) is 0. The molecule has 0 bridgehead atoms. The van der Waals surface area contributed by atoms with Gasteiger partial charge >= 0.3 is 0 Å². The Hall–Kier alpha value is -1.40. The Kier molecular flexibility index (Phi) is 6.05.